The minimum Gasteiger partial charge on any atom is -0.229 e. The molecular weight excluding hydrogens is 160 g/mol. The van der Waals surface area contributed by atoms with Crippen LogP contribution in [0.2, 0.25) is 0 Å². The molecule has 0 unspecified atom stereocenters. The molecule has 0 aromatic carbocycles. The predicted octanol–water partition coefficient (Wildman–Crippen LogP) is 1.76. The van der Waals surface area contributed by atoms with E-state index in [0.29, 0.717) is 11.5 Å². The third-order valence-corrected chi connectivity index (χ3v) is 3.98. The summed E-state index contributed by atoms with van der Waals surface area (Å²) in [5, 5.41) is 0. The molecule has 2 aliphatic rings. The zero-order chi connectivity index (χ0) is 8.16. The van der Waals surface area contributed by atoms with E-state index in [-0.39, 0.29) is 0 Å². The van der Waals surface area contributed by atoms with Gasteiger partial charge in [-0.3, -0.25) is 0 Å². The van der Waals surface area contributed by atoms with Crippen LogP contribution in [0.5, 0.6) is 0 Å². The maximum atomic E-state index is 10.4. The molecule has 0 aromatic heterocycles. The quantitative estimate of drug-likeness (QED) is 0.563. The van der Waals surface area contributed by atoms with Crippen molar-refractivity contribution in [3.63, 3.8) is 0 Å². The maximum Gasteiger partial charge on any atom is 0.150 e. The van der Waals surface area contributed by atoms with Gasteiger partial charge in [0.05, 0.1) is 11.5 Å². The van der Waals surface area contributed by atoms with Crippen molar-refractivity contribution in [1.82, 2.24) is 0 Å². The number of hydrogen-bond acceptors (Lipinski definition) is 2. The van der Waals surface area contributed by atoms with Gasteiger partial charge in [0.25, 0.3) is 0 Å². The van der Waals surface area contributed by atoms with Crippen LogP contribution in [0.4, 0.5) is 0 Å². The van der Waals surface area contributed by atoms with Crippen LogP contribution < -0.4 is 0 Å². The lowest BCUT2D eigenvalue weighted by atomic mass is 10.0. The molecule has 66 valence electrons. The summed E-state index contributed by atoms with van der Waals surface area (Å²) in [6, 6.07) is 0. The van der Waals surface area contributed by atoms with Gasteiger partial charge in [0.15, 0.2) is 0 Å². The Kier molecular flexibility index (Phi) is 3.37. The lowest BCUT2D eigenvalue weighted by molar-refractivity contribution is 0.504. The fraction of sp³-hybridized carbons (Fsp3) is 1.00. The first-order chi connectivity index (χ1) is 5.21. The second-order valence-electron chi connectivity index (χ2n) is 3.27. The molecule has 1 saturated carbocycles. The second-order valence-corrected chi connectivity index (χ2v) is 5.58. The van der Waals surface area contributed by atoms with E-state index in [1.54, 1.807) is 0 Å². The fourth-order valence-corrected chi connectivity index (χ4v) is 2.49. The van der Waals surface area contributed by atoms with Gasteiger partial charge in [0.2, 0.25) is 0 Å². The normalized spacial score (nSPS) is 26.5. The van der Waals surface area contributed by atoms with Crippen molar-refractivity contribution in [1.29, 1.82) is 0 Å². The highest BCUT2D eigenvalue weighted by Gasteiger charge is 2.16. The van der Waals surface area contributed by atoms with E-state index >= 15 is 0 Å². The van der Waals surface area contributed by atoms with Crippen LogP contribution in [0.25, 0.3) is 0 Å². The monoisotopic (exact) mass is 176 g/mol. The van der Waals surface area contributed by atoms with Gasteiger partial charge in [0, 0.05) is 0 Å². The fourth-order valence-electron chi connectivity index (χ4n) is 0.996. The molecule has 0 bridgehead atoms. The molecule has 1 aliphatic heterocycles. The summed E-state index contributed by atoms with van der Waals surface area (Å²) in [4.78, 5) is 0. The van der Waals surface area contributed by atoms with Crippen LogP contribution in [0.15, 0.2) is 0 Å². The molecule has 2 rings (SSSR count). The average Bonchev–Trinajstić information content (AvgIpc) is 2.08. The van der Waals surface area contributed by atoms with E-state index in [1.165, 1.54) is 25.7 Å². The Morgan fingerprint density at radius 2 is 1.00 bits per heavy atom. The number of rotatable bonds is 0. The van der Waals surface area contributed by atoms with Crippen molar-refractivity contribution in [2.45, 2.75) is 38.5 Å². The van der Waals surface area contributed by atoms with E-state index in [9.17, 15) is 8.42 Å². The molecule has 2 fully saturated rings. The third kappa shape index (κ3) is 3.75. The summed E-state index contributed by atoms with van der Waals surface area (Å²) >= 11 is 0. The Hall–Kier alpha value is -0.0500. The van der Waals surface area contributed by atoms with Crippen molar-refractivity contribution in [2.24, 2.45) is 0 Å². The minimum atomic E-state index is -2.55. The molecular formula is C8H16O2S. The van der Waals surface area contributed by atoms with Gasteiger partial charge in [-0.1, -0.05) is 25.7 Å². The predicted molar refractivity (Wildman–Crippen MR) is 46.4 cm³/mol. The highest BCUT2D eigenvalue weighted by atomic mass is 32.2. The van der Waals surface area contributed by atoms with E-state index < -0.39 is 9.84 Å². The van der Waals surface area contributed by atoms with Crippen molar-refractivity contribution in [3.8, 4) is 0 Å². The molecule has 0 aromatic rings. The van der Waals surface area contributed by atoms with Gasteiger partial charge in [-0.05, 0) is 12.8 Å². The lowest BCUT2D eigenvalue weighted by Crippen LogP contribution is -1.98. The standard InChI is InChI=1S/C4H8O2S.C4H8/c5-7(6)3-1-2-4-7;1-2-4-3-1/h1-4H2;1-4H2. The summed E-state index contributed by atoms with van der Waals surface area (Å²) in [5.74, 6) is 0.847. The minimum absolute atomic E-state index is 0.424. The summed E-state index contributed by atoms with van der Waals surface area (Å²) < 4.78 is 20.9. The molecule has 1 heterocycles. The Morgan fingerprint density at radius 1 is 0.636 bits per heavy atom. The third-order valence-electron chi connectivity index (χ3n) is 2.16. The second kappa shape index (κ2) is 4.10. The highest BCUT2D eigenvalue weighted by Crippen LogP contribution is 2.15. The number of hydrogen-bond donors (Lipinski definition) is 0. The van der Waals surface area contributed by atoms with Crippen molar-refractivity contribution < 1.29 is 8.42 Å². The van der Waals surface area contributed by atoms with Gasteiger partial charge in [0.1, 0.15) is 9.84 Å². The van der Waals surface area contributed by atoms with E-state index in [2.05, 4.69) is 0 Å². The van der Waals surface area contributed by atoms with Crippen LogP contribution in [0, 0.1) is 0 Å². The zero-order valence-corrected chi connectivity index (χ0v) is 7.70. The topological polar surface area (TPSA) is 34.1 Å². The summed E-state index contributed by atoms with van der Waals surface area (Å²) in [6.45, 7) is 0. The van der Waals surface area contributed by atoms with Gasteiger partial charge in [-0.25, -0.2) is 8.42 Å². The van der Waals surface area contributed by atoms with E-state index in [1.807, 2.05) is 0 Å². The van der Waals surface area contributed by atoms with Crippen molar-refractivity contribution >= 4 is 9.84 Å². The van der Waals surface area contributed by atoms with Gasteiger partial charge < -0.3 is 0 Å². The Bertz CT molecular complexity index is 174. The molecule has 3 heteroatoms. The largest absolute Gasteiger partial charge is 0.229 e. The lowest BCUT2D eigenvalue weighted by Gasteiger charge is -2.05. The Labute approximate surface area is 68.9 Å². The van der Waals surface area contributed by atoms with E-state index in [0.717, 1.165) is 12.8 Å². The number of sulfone groups is 1. The Balaban J connectivity index is 0.000000128. The van der Waals surface area contributed by atoms with E-state index in [4.69, 9.17) is 0 Å². The van der Waals surface area contributed by atoms with Crippen LogP contribution >= 0.6 is 0 Å². The zero-order valence-electron chi connectivity index (χ0n) is 6.88. The molecule has 0 N–H and O–H groups in total. The van der Waals surface area contributed by atoms with Gasteiger partial charge >= 0.3 is 0 Å². The van der Waals surface area contributed by atoms with Crippen LogP contribution in [-0.4, -0.2) is 19.9 Å². The van der Waals surface area contributed by atoms with Gasteiger partial charge in [-0.15, -0.1) is 0 Å². The SMILES string of the molecule is C1CCC1.O=S1(=O)CCCC1. The van der Waals surface area contributed by atoms with Crippen LogP contribution in [-0.2, 0) is 9.84 Å². The molecule has 0 spiro atoms. The summed E-state index contributed by atoms with van der Waals surface area (Å²) in [5.41, 5.74) is 0. The Morgan fingerprint density at radius 3 is 1.09 bits per heavy atom. The molecule has 1 aliphatic carbocycles. The summed E-state index contributed by atoms with van der Waals surface area (Å²) in [6.07, 6.45) is 7.75. The van der Waals surface area contributed by atoms with Crippen molar-refractivity contribution in [2.75, 3.05) is 11.5 Å². The van der Waals surface area contributed by atoms with Crippen molar-refractivity contribution in [3.05, 3.63) is 0 Å². The molecule has 1 saturated heterocycles. The molecule has 0 amide bonds. The molecule has 2 nitrogen and oxygen atoms in total. The first-order valence-corrected chi connectivity index (χ1v) is 6.23. The smallest absolute Gasteiger partial charge is 0.150 e. The summed E-state index contributed by atoms with van der Waals surface area (Å²) in [7, 11) is -2.55. The maximum absolute atomic E-state index is 10.4. The molecule has 0 radical (unpaired) electrons. The average molecular weight is 176 g/mol. The van der Waals surface area contributed by atoms with Crippen LogP contribution in [0.1, 0.15) is 38.5 Å². The highest BCUT2D eigenvalue weighted by molar-refractivity contribution is 7.91. The van der Waals surface area contributed by atoms with Crippen LogP contribution in [0.3, 0.4) is 0 Å². The first-order valence-electron chi connectivity index (χ1n) is 4.41. The molecule has 11 heavy (non-hydrogen) atoms. The molecule has 0 atom stereocenters. The first kappa shape index (κ1) is 9.04. The van der Waals surface area contributed by atoms with Gasteiger partial charge in [-0.2, -0.15) is 0 Å².